The fourth-order valence-electron chi connectivity index (χ4n) is 2.10. The Kier molecular flexibility index (Phi) is 3.90. The van der Waals surface area contributed by atoms with Crippen LogP contribution in [-0.4, -0.2) is 30.4 Å². The van der Waals surface area contributed by atoms with Gasteiger partial charge in [0.25, 0.3) is 0 Å². The third-order valence-electron chi connectivity index (χ3n) is 2.90. The summed E-state index contributed by atoms with van der Waals surface area (Å²) in [5, 5.41) is 10.5. The second kappa shape index (κ2) is 5.44. The Bertz CT molecular complexity index is 545. The van der Waals surface area contributed by atoms with Gasteiger partial charge in [0.15, 0.2) is 0 Å². The number of benzene rings is 1. The normalized spacial score (nSPS) is 18.4. The van der Waals surface area contributed by atoms with Crippen LogP contribution in [0.1, 0.15) is 11.6 Å². The minimum Gasteiger partial charge on any atom is -0.496 e. The average Bonchev–Trinajstić information content (AvgIpc) is 2.65. The molecule has 100 valence electrons. The molecule has 2 amide bonds. The molecule has 0 aromatic heterocycles. The van der Waals surface area contributed by atoms with E-state index in [1.807, 2.05) is 18.2 Å². The molecule has 0 saturated carbocycles. The SMILES string of the molecule is C=CCN1C(=O)NC(=N)C1c1cc(Br)ccc1OC. The molecule has 6 heteroatoms. The fourth-order valence-corrected chi connectivity index (χ4v) is 2.48. The molecule has 1 fully saturated rings. The summed E-state index contributed by atoms with van der Waals surface area (Å²) >= 11 is 3.40. The first kappa shape index (κ1) is 13.6. The highest BCUT2D eigenvalue weighted by atomic mass is 79.9. The summed E-state index contributed by atoms with van der Waals surface area (Å²) < 4.78 is 6.18. The fraction of sp³-hybridized carbons (Fsp3) is 0.231. The van der Waals surface area contributed by atoms with E-state index in [2.05, 4.69) is 27.8 Å². The molecule has 1 aromatic rings. The number of amidine groups is 1. The third-order valence-corrected chi connectivity index (χ3v) is 3.39. The standard InChI is InChI=1S/C13H14BrN3O2/c1-3-6-17-11(12(15)16-13(17)18)9-7-8(14)4-5-10(9)19-2/h3-5,7,11H,1,6H2,2H3,(H2,15,16,18). The van der Waals surface area contributed by atoms with Crippen LogP contribution in [0.5, 0.6) is 5.75 Å². The number of rotatable bonds is 4. The van der Waals surface area contributed by atoms with Crippen LogP contribution in [0.25, 0.3) is 0 Å². The van der Waals surface area contributed by atoms with Gasteiger partial charge >= 0.3 is 6.03 Å². The van der Waals surface area contributed by atoms with E-state index in [4.69, 9.17) is 10.1 Å². The first-order valence-corrected chi connectivity index (χ1v) is 6.48. The molecule has 1 aliphatic rings. The Morgan fingerprint density at radius 3 is 3.00 bits per heavy atom. The molecule has 0 aliphatic carbocycles. The number of methoxy groups -OCH3 is 1. The first-order chi connectivity index (χ1) is 9.08. The molecule has 0 bridgehead atoms. The van der Waals surface area contributed by atoms with E-state index in [1.54, 1.807) is 18.1 Å². The van der Waals surface area contributed by atoms with E-state index in [0.29, 0.717) is 12.3 Å². The number of carbonyl (C=O) groups is 1. The van der Waals surface area contributed by atoms with E-state index in [9.17, 15) is 4.79 Å². The number of hydrogen-bond acceptors (Lipinski definition) is 3. The van der Waals surface area contributed by atoms with Crippen LogP contribution in [0.4, 0.5) is 4.79 Å². The highest BCUT2D eigenvalue weighted by Crippen LogP contribution is 2.34. The maximum Gasteiger partial charge on any atom is 0.323 e. The zero-order valence-electron chi connectivity index (χ0n) is 10.4. The van der Waals surface area contributed by atoms with Crippen LogP contribution in [-0.2, 0) is 0 Å². The molecule has 2 rings (SSSR count). The molecule has 2 N–H and O–H groups in total. The van der Waals surface area contributed by atoms with Crippen molar-refractivity contribution >= 4 is 27.8 Å². The Morgan fingerprint density at radius 2 is 2.37 bits per heavy atom. The summed E-state index contributed by atoms with van der Waals surface area (Å²) in [5.41, 5.74) is 0.766. The van der Waals surface area contributed by atoms with Crippen LogP contribution < -0.4 is 10.1 Å². The molecular weight excluding hydrogens is 310 g/mol. The number of carbonyl (C=O) groups excluding carboxylic acids is 1. The summed E-state index contributed by atoms with van der Waals surface area (Å²) in [6.07, 6.45) is 1.63. The monoisotopic (exact) mass is 323 g/mol. The van der Waals surface area contributed by atoms with Crippen molar-refractivity contribution in [1.29, 1.82) is 5.41 Å². The number of nitrogens with zero attached hydrogens (tertiary/aromatic N) is 1. The Balaban J connectivity index is 2.48. The van der Waals surface area contributed by atoms with Gasteiger partial charge in [-0.15, -0.1) is 6.58 Å². The predicted molar refractivity (Wildman–Crippen MR) is 76.6 cm³/mol. The lowest BCUT2D eigenvalue weighted by Gasteiger charge is -2.23. The van der Waals surface area contributed by atoms with Gasteiger partial charge < -0.3 is 9.64 Å². The Labute approximate surface area is 119 Å². The second-order valence-electron chi connectivity index (χ2n) is 4.07. The molecule has 1 saturated heterocycles. The highest BCUT2D eigenvalue weighted by molar-refractivity contribution is 9.10. The molecule has 0 radical (unpaired) electrons. The Hall–Kier alpha value is -1.82. The van der Waals surface area contributed by atoms with Gasteiger partial charge in [0.1, 0.15) is 17.6 Å². The molecule has 19 heavy (non-hydrogen) atoms. The van der Waals surface area contributed by atoms with E-state index < -0.39 is 6.04 Å². The van der Waals surface area contributed by atoms with Crippen molar-refractivity contribution in [3.8, 4) is 5.75 Å². The minimum atomic E-state index is -0.474. The van der Waals surface area contributed by atoms with Crippen LogP contribution in [0, 0.1) is 5.41 Å². The van der Waals surface area contributed by atoms with Gasteiger partial charge in [-0.1, -0.05) is 22.0 Å². The van der Waals surface area contributed by atoms with Gasteiger partial charge in [-0.2, -0.15) is 0 Å². The van der Waals surface area contributed by atoms with Crippen molar-refractivity contribution in [1.82, 2.24) is 10.2 Å². The summed E-state index contributed by atoms with van der Waals surface area (Å²) in [4.78, 5) is 13.4. The number of ether oxygens (including phenoxy) is 1. The van der Waals surface area contributed by atoms with Crippen LogP contribution in [0.15, 0.2) is 35.3 Å². The van der Waals surface area contributed by atoms with Crippen molar-refractivity contribution in [2.45, 2.75) is 6.04 Å². The zero-order chi connectivity index (χ0) is 14.0. The van der Waals surface area contributed by atoms with Crippen molar-refractivity contribution < 1.29 is 9.53 Å². The summed E-state index contributed by atoms with van der Waals surface area (Å²) in [6.45, 7) is 4.01. The highest BCUT2D eigenvalue weighted by Gasteiger charge is 2.37. The number of hydrogen-bond donors (Lipinski definition) is 2. The van der Waals surface area contributed by atoms with Gasteiger partial charge in [-0.05, 0) is 18.2 Å². The van der Waals surface area contributed by atoms with Crippen LogP contribution >= 0.6 is 15.9 Å². The maximum atomic E-state index is 11.8. The molecule has 0 spiro atoms. The van der Waals surface area contributed by atoms with Gasteiger partial charge in [0, 0.05) is 16.6 Å². The first-order valence-electron chi connectivity index (χ1n) is 5.69. The van der Waals surface area contributed by atoms with Crippen LogP contribution in [0.3, 0.4) is 0 Å². The van der Waals surface area contributed by atoms with E-state index in [0.717, 1.165) is 10.0 Å². The molecule has 1 heterocycles. The smallest absolute Gasteiger partial charge is 0.323 e. The summed E-state index contributed by atoms with van der Waals surface area (Å²) in [5.74, 6) is 0.784. The summed E-state index contributed by atoms with van der Waals surface area (Å²) in [6, 6.07) is 4.75. The van der Waals surface area contributed by atoms with Gasteiger partial charge in [0.2, 0.25) is 0 Å². The summed E-state index contributed by atoms with van der Waals surface area (Å²) in [7, 11) is 1.57. The molecular formula is C13H14BrN3O2. The molecule has 1 atom stereocenters. The zero-order valence-corrected chi connectivity index (χ0v) is 12.0. The second-order valence-corrected chi connectivity index (χ2v) is 4.99. The molecule has 1 aliphatic heterocycles. The van der Waals surface area contributed by atoms with E-state index >= 15 is 0 Å². The Morgan fingerprint density at radius 1 is 1.63 bits per heavy atom. The average molecular weight is 324 g/mol. The number of amides is 2. The van der Waals surface area contributed by atoms with Crippen LogP contribution in [0.2, 0.25) is 0 Å². The van der Waals surface area contributed by atoms with Crippen molar-refractivity contribution in [2.75, 3.05) is 13.7 Å². The largest absolute Gasteiger partial charge is 0.496 e. The third kappa shape index (κ3) is 2.49. The lowest BCUT2D eigenvalue weighted by Crippen LogP contribution is -2.30. The predicted octanol–water partition coefficient (Wildman–Crippen LogP) is 2.69. The molecule has 1 unspecified atom stereocenters. The van der Waals surface area contributed by atoms with Gasteiger partial charge in [-0.25, -0.2) is 4.79 Å². The minimum absolute atomic E-state index is 0.142. The molecule has 5 nitrogen and oxygen atoms in total. The van der Waals surface area contributed by atoms with Crippen molar-refractivity contribution in [3.05, 3.63) is 40.9 Å². The van der Waals surface area contributed by atoms with E-state index in [1.165, 1.54) is 0 Å². The quantitative estimate of drug-likeness (QED) is 0.837. The lowest BCUT2D eigenvalue weighted by molar-refractivity contribution is 0.211. The maximum absolute atomic E-state index is 11.8. The van der Waals surface area contributed by atoms with E-state index in [-0.39, 0.29) is 11.9 Å². The number of urea groups is 1. The van der Waals surface area contributed by atoms with Gasteiger partial charge in [-0.3, -0.25) is 10.7 Å². The lowest BCUT2D eigenvalue weighted by atomic mass is 10.0. The molecule has 1 aromatic carbocycles. The van der Waals surface area contributed by atoms with Gasteiger partial charge in [0.05, 0.1) is 7.11 Å². The number of nitrogens with one attached hydrogen (secondary N) is 2. The van der Waals surface area contributed by atoms with Crippen molar-refractivity contribution in [2.24, 2.45) is 0 Å². The topological polar surface area (TPSA) is 65.4 Å². The number of halogens is 1. The van der Waals surface area contributed by atoms with Crippen molar-refractivity contribution in [3.63, 3.8) is 0 Å².